The predicted molar refractivity (Wildman–Crippen MR) is 173 cm³/mol. The maximum atomic E-state index is 3.72. The highest BCUT2D eigenvalue weighted by atomic mass is 79.9. The largest absolute Gasteiger partial charge is 0.311 e. The smallest absolute Gasteiger partial charge is 0.0462 e. The molecule has 6 aromatic rings. The molecule has 0 aliphatic carbocycles. The first-order valence-corrected chi connectivity index (χ1v) is 14.4. The van der Waals surface area contributed by atoms with Crippen molar-refractivity contribution in [1.82, 2.24) is 0 Å². The average molecular weight is 631 g/mol. The van der Waals surface area contributed by atoms with Gasteiger partial charge in [-0.2, -0.15) is 0 Å². The Hall–Kier alpha value is -3.92. The second-order valence-corrected chi connectivity index (χ2v) is 11.0. The number of benzene rings is 6. The van der Waals surface area contributed by atoms with Gasteiger partial charge in [-0.3, -0.25) is 0 Å². The van der Waals surface area contributed by atoms with Crippen LogP contribution in [0.5, 0.6) is 0 Å². The van der Waals surface area contributed by atoms with Crippen molar-refractivity contribution in [1.29, 1.82) is 0 Å². The Kier molecular flexibility index (Phi) is 7.44. The van der Waals surface area contributed by atoms with Crippen molar-refractivity contribution in [2.24, 2.45) is 0 Å². The molecule has 6 aromatic carbocycles. The molecular weight excluding hydrogens is 606 g/mol. The number of anilines is 3. The van der Waals surface area contributed by atoms with Gasteiger partial charge in [0.05, 0.1) is 0 Å². The second kappa shape index (κ2) is 11.4. The summed E-state index contributed by atoms with van der Waals surface area (Å²) < 4.78 is 2.13. The van der Waals surface area contributed by atoms with Crippen LogP contribution in [0.1, 0.15) is 0 Å². The first-order chi connectivity index (χ1) is 19.2. The van der Waals surface area contributed by atoms with Crippen molar-refractivity contribution in [2.75, 3.05) is 4.90 Å². The van der Waals surface area contributed by atoms with Crippen molar-refractivity contribution in [2.45, 2.75) is 0 Å². The van der Waals surface area contributed by atoms with Gasteiger partial charge in [0.2, 0.25) is 0 Å². The Morgan fingerprint density at radius 2 is 0.641 bits per heavy atom. The number of hydrogen-bond acceptors (Lipinski definition) is 1. The first-order valence-electron chi connectivity index (χ1n) is 12.8. The molecule has 0 saturated heterocycles. The molecule has 0 radical (unpaired) electrons. The number of halogens is 2. The van der Waals surface area contributed by atoms with E-state index < -0.39 is 0 Å². The number of hydrogen-bond donors (Lipinski definition) is 0. The van der Waals surface area contributed by atoms with E-state index in [0.29, 0.717) is 0 Å². The predicted octanol–water partition coefficient (Wildman–Crippen LogP) is 11.7. The molecule has 0 aliphatic heterocycles. The van der Waals surface area contributed by atoms with Crippen LogP contribution in [0.2, 0.25) is 0 Å². The lowest BCUT2D eigenvalue weighted by molar-refractivity contribution is 1.28. The van der Waals surface area contributed by atoms with Crippen LogP contribution in [0, 0.1) is 0 Å². The molecule has 0 unspecified atom stereocenters. The minimum absolute atomic E-state index is 1.06. The summed E-state index contributed by atoms with van der Waals surface area (Å²) in [6.45, 7) is 0. The SMILES string of the molecule is Brc1cccc(Br)c1-c1ccc(N(c2ccc(-c3ccccc3)cc2)c2ccc(-c3ccccc3)cc2)cc1. The van der Waals surface area contributed by atoms with Gasteiger partial charge in [0.25, 0.3) is 0 Å². The third-order valence-corrected chi connectivity index (χ3v) is 8.16. The molecule has 3 heteroatoms. The maximum absolute atomic E-state index is 3.72. The lowest BCUT2D eigenvalue weighted by Crippen LogP contribution is -2.09. The van der Waals surface area contributed by atoms with E-state index in [4.69, 9.17) is 0 Å². The number of rotatable bonds is 6. The third-order valence-electron chi connectivity index (χ3n) is 6.84. The molecule has 0 spiro atoms. The summed E-state index contributed by atoms with van der Waals surface area (Å²) in [6, 6.07) is 53.5. The van der Waals surface area contributed by atoms with Gasteiger partial charge < -0.3 is 4.90 Å². The van der Waals surface area contributed by atoms with Gasteiger partial charge in [0.1, 0.15) is 0 Å². The molecule has 0 atom stereocenters. The quantitative estimate of drug-likeness (QED) is 0.177. The molecule has 0 amide bonds. The summed E-state index contributed by atoms with van der Waals surface area (Å²) in [5.74, 6) is 0. The van der Waals surface area contributed by atoms with Crippen LogP contribution in [0.3, 0.4) is 0 Å². The van der Waals surface area contributed by atoms with E-state index in [0.717, 1.165) is 37.1 Å². The highest BCUT2D eigenvalue weighted by Crippen LogP contribution is 2.40. The van der Waals surface area contributed by atoms with E-state index in [2.05, 4.69) is 182 Å². The Labute approximate surface area is 246 Å². The Morgan fingerprint density at radius 1 is 0.308 bits per heavy atom. The Bertz CT molecular complexity index is 1570. The topological polar surface area (TPSA) is 3.24 Å². The van der Waals surface area contributed by atoms with Crippen LogP contribution in [0.25, 0.3) is 33.4 Å². The fourth-order valence-corrected chi connectivity index (χ4v) is 6.32. The minimum Gasteiger partial charge on any atom is -0.311 e. The van der Waals surface area contributed by atoms with Gasteiger partial charge in [-0.25, -0.2) is 0 Å². The van der Waals surface area contributed by atoms with E-state index in [-0.39, 0.29) is 0 Å². The van der Waals surface area contributed by atoms with Gasteiger partial charge in [-0.1, -0.05) is 135 Å². The zero-order valence-electron chi connectivity index (χ0n) is 21.1. The van der Waals surface area contributed by atoms with E-state index in [9.17, 15) is 0 Å². The van der Waals surface area contributed by atoms with E-state index in [1.165, 1.54) is 22.3 Å². The highest BCUT2D eigenvalue weighted by molar-refractivity contribution is 9.11. The zero-order chi connectivity index (χ0) is 26.6. The lowest BCUT2D eigenvalue weighted by Gasteiger charge is -2.26. The summed E-state index contributed by atoms with van der Waals surface area (Å²) in [4.78, 5) is 2.31. The summed E-state index contributed by atoms with van der Waals surface area (Å²) in [6.07, 6.45) is 0. The molecule has 0 heterocycles. The lowest BCUT2D eigenvalue weighted by atomic mass is 10.0. The molecule has 0 bridgehead atoms. The highest BCUT2D eigenvalue weighted by Gasteiger charge is 2.15. The third kappa shape index (κ3) is 5.47. The standard InChI is InChI=1S/C36H25Br2N/c37-34-12-7-13-35(38)36(34)30-18-24-33(25-19-30)39(31-20-14-28(15-21-31)26-8-3-1-4-9-26)32-22-16-29(17-23-32)27-10-5-2-6-11-27/h1-25H. The summed E-state index contributed by atoms with van der Waals surface area (Å²) in [5.41, 5.74) is 10.4. The Morgan fingerprint density at radius 3 is 1.03 bits per heavy atom. The molecule has 0 aromatic heterocycles. The van der Waals surface area contributed by atoms with Crippen LogP contribution < -0.4 is 4.90 Å². The zero-order valence-corrected chi connectivity index (χ0v) is 24.3. The molecular formula is C36H25Br2N. The van der Waals surface area contributed by atoms with Crippen molar-refractivity contribution >= 4 is 48.9 Å². The molecule has 0 saturated carbocycles. The van der Waals surface area contributed by atoms with Crippen LogP contribution in [0.4, 0.5) is 17.1 Å². The van der Waals surface area contributed by atoms with Gasteiger partial charge >= 0.3 is 0 Å². The van der Waals surface area contributed by atoms with Crippen LogP contribution >= 0.6 is 31.9 Å². The van der Waals surface area contributed by atoms with E-state index in [1.54, 1.807) is 0 Å². The van der Waals surface area contributed by atoms with Crippen LogP contribution in [-0.2, 0) is 0 Å². The summed E-state index contributed by atoms with van der Waals surface area (Å²) >= 11 is 7.43. The molecule has 0 aliphatic rings. The number of nitrogens with zero attached hydrogens (tertiary/aromatic N) is 1. The fraction of sp³-hybridized carbons (Fsp3) is 0. The normalized spacial score (nSPS) is 10.8. The van der Waals surface area contributed by atoms with Crippen molar-refractivity contribution in [3.05, 3.63) is 161 Å². The minimum atomic E-state index is 1.06. The second-order valence-electron chi connectivity index (χ2n) is 9.30. The maximum Gasteiger partial charge on any atom is 0.0462 e. The van der Waals surface area contributed by atoms with Crippen LogP contribution in [0.15, 0.2) is 161 Å². The first kappa shape index (κ1) is 25.4. The van der Waals surface area contributed by atoms with Gasteiger partial charge in [0, 0.05) is 31.6 Å². The summed E-state index contributed by atoms with van der Waals surface area (Å²) in [5, 5.41) is 0. The molecule has 39 heavy (non-hydrogen) atoms. The van der Waals surface area contributed by atoms with E-state index in [1.807, 2.05) is 6.07 Å². The van der Waals surface area contributed by atoms with Crippen molar-refractivity contribution in [3.8, 4) is 33.4 Å². The molecule has 0 fully saturated rings. The van der Waals surface area contributed by atoms with Gasteiger partial charge in [0.15, 0.2) is 0 Å². The molecule has 1 nitrogen and oxygen atoms in total. The van der Waals surface area contributed by atoms with E-state index >= 15 is 0 Å². The van der Waals surface area contributed by atoms with Crippen LogP contribution in [-0.4, -0.2) is 0 Å². The van der Waals surface area contributed by atoms with Gasteiger partial charge in [-0.15, -0.1) is 0 Å². The average Bonchev–Trinajstić information content (AvgIpc) is 3.00. The molecule has 0 N–H and O–H groups in total. The van der Waals surface area contributed by atoms with Gasteiger partial charge in [-0.05, 0) is 76.3 Å². The molecule has 188 valence electrons. The fourth-order valence-electron chi connectivity index (χ4n) is 4.87. The molecule has 6 rings (SSSR count). The summed E-state index contributed by atoms with van der Waals surface area (Å²) in [7, 11) is 0. The monoisotopic (exact) mass is 629 g/mol. The van der Waals surface area contributed by atoms with Crippen molar-refractivity contribution < 1.29 is 0 Å². The van der Waals surface area contributed by atoms with Crippen molar-refractivity contribution in [3.63, 3.8) is 0 Å². The Balaban J connectivity index is 1.40.